The summed E-state index contributed by atoms with van der Waals surface area (Å²) in [5, 5.41) is 9.00. The molecular weight excluding hydrogens is 336 g/mol. The summed E-state index contributed by atoms with van der Waals surface area (Å²) < 4.78 is 13.6. The molecule has 0 fully saturated rings. The third-order valence-corrected chi connectivity index (χ3v) is 16.6. The van der Waals surface area contributed by atoms with E-state index in [0.717, 1.165) is 18.9 Å². The molecular formula is C17H42O3Si3. The first-order chi connectivity index (χ1) is 10.3. The average Bonchev–Trinajstić information content (AvgIpc) is 2.41. The molecule has 0 heterocycles. The standard InChI is InChI=1S/C17H42O3Si3/c1-10-12-15-21(4,5)19-17(3,11-2)23(8,9)20-22(6,7)16-13-14-18/h18H,10-16H2,1-9H3/t17-/m0/s1. The van der Waals surface area contributed by atoms with Crippen LogP contribution in [0.5, 0.6) is 0 Å². The minimum atomic E-state index is -2.00. The largest absolute Gasteiger partial charge is 0.454 e. The molecule has 1 N–H and O–H groups in total. The molecule has 0 bridgehead atoms. The molecule has 0 aliphatic carbocycles. The lowest BCUT2D eigenvalue weighted by Gasteiger charge is -2.49. The van der Waals surface area contributed by atoms with Crippen LogP contribution in [0.1, 0.15) is 46.5 Å². The van der Waals surface area contributed by atoms with Crippen LogP contribution in [0.15, 0.2) is 0 Å². The lowest BCUT2D eigenvalue weighted by atomic mass is 10.3. The van der Waals surface area contributed by atoms with Gasteiger partial charge in [-0.1, -0.05) is 26.7 Å². The molecule has 0 unspecified atom stereocenters. The van der Waals surface area contributed by atoms with E-state index in [0.29, 0.717) is 0 Å². The second-order valence-electron chi connectivity index (χ2n) is 8.75. The number of hydrogen-bond acceptors (Lipinski definition) is 3. The summed E-state index contributed by atoms with van der Waals surface area (Å²) in [5.41, 5.74) is 0. The Bertz CT molecular complexity index is 346. The molecule has 23 heavy (non-hydrogen) atoms. The molecule has 0 radical (unpaired) electrons. The number of aliphatic hydroxyl groups is 1. The van der Waals surface area contributed by atoms with Gasteiger partial charge in [0.2, 0.25) is 8.32 Å². The Morgan fingerprint density at radius 3 is 1.83 bits per heavy atom. The summed E-state index contributed by atoms with van der Waals surface area (Å²) in [6.45, 7) is 21.0. The first-order valence-electron chi connectivity index (χ1n) is 9.36. The van der Waals surface area contributed by atoms with Crippen LogP contribution in [0.4, 0.5) is 0 Å². The Morgan fingerprint density at radius 2 is 1.39 bits per heavy atom. The van der Waals surface area contributed by atoms with E-state index in [9.17, 15) is 0 Å². The molecule has 0 aromatic heterocycles. The fraction of sp³-hybridized carbons (Fsp3) is 1.00. The minimum Gasteiger partial charge on any atom is -0.454 e. The van der Waals surface area contributed by atoms with Crippen molar-refractivity contribution >= 4 is 25.0 Å². The maximum Gasteiger partial charge on any atom is 0.204 e. The zero-order valence-corrected chi connectivity index (χ0v) is 20.2. The zero-order chi connectivity index (χ0) is 18.4. The normalized spacial score (nSPS) is 16.4. The summed E-state index contributed by atoms with van der Waals surface area (Å²) in [4.78, 5) is 0. The van der Waals surface area contributed by atoms with Gasteiger partial charge in [-0.3, -0.25) is 0 Å². The van der Waals surface area contributed by atoms with E-state index in [4.69, 9.17) is 13.6 Å². The van der Waals surface area contributed by atoms with Crippen LogP contribution in [-0.4, -0.2) is 41.9 Å². The van der Waals surface area contributed by atoms with Gasteiger partial charge in [-0.15, -0.1) is 0 Å². The van der Waals surface area contributed by atoms with Crippen molar-refractivity contribution in [2.75, 3.05) is 6.61 Å². The van der Waals surface area contributed by atoms with Crippen molar-refractivity contribution in [2.24, 2.45) is 0 Å². The summed E-state index contributed by atoms with van der Waals surface area (Å²) in [6, 6.07) is 2.26. The maximum atomic E-state index is 9.13. The quantitative estimate of drug-likeness (QED) is 0.454. The molecule has 0 rings (SSSR count). The van der Waals surface area contributed by atoms with Crippen molar-refractivity contribution in [1.29, 1.82) is 0 Å². The Hall–Kier alpha value is 0.531. The summed E-state index contributed by atoms with van der Waals surface area (Å²) >= 11 is 0. The Labute approximate surface area is 148 Å². The number of rotatable bonds is 12. The molecule has 1 atom stereocenters. The van der Waals surface area contributed by atoms with E-state index in [2.05, 4.69) is 60.1 Å². The smallest absolute Gasteiger partial charge is 0.204 e. The van der Waals surface area contributed by atoms with Crippen LogP contribution >= 0.6 is 0 Å². The van der Waals surface area contributed by atoms with Gasteiger partial charge in [-0.2, -0.15) is 0 Å². The van der Waals surface area contributed by atoms with Crippen LogP contribution in [-0.2, 0) is 8.54 Å². The van der Waals surface area contributed by atoms with Gasteiger partial charge in [-0.05, 0) is 71.1 Å². The van der Waals surface area contributed by atoms with Gasteiger partial charge in [0.05, 0.1) is 5.22 Å². The first-order valence-corrected chi connectivity index (χ1v) is 18.5. The topological polar surface area (TPSA) is 38.7 Å². The predicted molar refractivity (Wildman–Crippen MR) is 110 cm³/mol. The predicted octanol–water partition coefficient (Wildman–Crippen LogP) is 5.53. The first kappa shape index (κ1) is 23.5. The van der Waals surface area contributed by atoms with Gasteiger partial charge < -0.3 is 13.6 Å². The second-order valence-corrected chi connectivity index (χ2v) is 21.9. The highest BCUT2D eigenvalue weighted by molar-refractivity contribution is 6.87. The molecule has 0 saturated carbocycles. The van der Waals surface area contributed by atoms with Crippen molar-refractivity contribution in [3.63, 3.8) is 0 Å². The van der Waals surface area contributed by atoms with Crippen LogP contribution in [0.3, 0.4) is 0 Å². The third-order valence-electron chi connectivity index (χ3n) is 5.05. The fourth-order valence-electron chi connectivity index (χ4n) is 3.24. The molecule has 0 aliphatic rings. The highest BCUT2D eigenvalue weighted by Crippen LogP contribution is 2.36. The minimum absolute atomic E-state index is 0.125. The molecule has 0 aromatic rings. The Kier molecular flexibility index (Phi) is 9.50. The zero-order valence-electron chi connectivity index (χ0n) is 17.2. The van der Waals surface area contributed by atoms with Crippen LogP contribution < -0.4 is 0 Å². The maximum absolute atomic E-state index is 9.13. The van der Waals surface area contributed by atoms with E-state index in [-0.39, 0.29) is 11.8 Å². The Balaban J connectivity index is 5.13. The highest BCUT2D eigenvalue weighted by atomic mass is 28.4. The summed E-state index contributed by atoms with van der Waals surface area (Å²) in [7, 11) is -5.41. The van der Waals surface area contributed by atoms with Crippen LogP contribution in [0, 0.1) is 0 Å². The van der Waals surface area contributed by atoms with Gasteiger partial charge in [0.15, 0.2) is 16.6 Å². The molecule has 6 heteroatoms. The van der Waals surface area contributed by atoms with E-state index in [1.807, 2.05) is 0 Å². The van der Waals surface area contributed by atoms with Crippen LogP contribution in [0.25, 0.3) is 0 Å². The molecule has 0 aliphatic heterocycles. The van der Waals surface area contributed by atoms with Crippen molar-refractivity contribution in [3.05, 3.63) is 0 Å². The van der Waals surface area contributed by atoms with Crippen molar-refractivity contribution < 1.29 is 13.6 Å². The van der Waals surface area contributed by atoms with E-state index in [1.165, 1.54) is 18.9 Å². The lowest BCUT2D eigenvalue weighted by molar-refractivity contribution is 0.131. The monoisotopic (exact) mass is 378 g/mol. The van der Waals surface area contributed by atoms with Crippen molar-refractivity contribution in [1.82, 2.24) is 0 Å². The van der Waals surface area contributed by atoms with Crippen molar-refractivity contribution in [3.8, 4) is 0 Å². The molecule has 140 valence electrons. The SMILES string of the molecule is CCCC[Si](C)(C)O[C@](C)(CC)[Si](C)(C)O[Si](C)(C)CCCO. The van der Waals surface area contributed by atoms with Crippen molar-refractivity contribution in [2.45, 2.75) is 103 Å². The highest BCUT2D eigenvalue weighted by Gasteiger charge is 2.49. The van der Waals surface area contributed by atoms with E-state index < -0.39 is 25.0 Å². The van der Waals surface area contributed by atoms with Gasteiger partial charge in [0.1, 0.15) is 0 Å². The second kappa shape index (κ2) is 9.29. The summed E-state index contributed by atoms with van der Waals surface area (Å²) in [5.74, 6) is 0. The van der Waals surface area contributed by atoms with E-state index >= 15 is 0 Å². The Morgan fingerprint density at radius 1 is 0.870 bits per heavy atom. The number of unbranched alkanes of at least 4 members (excludes halogenated alkanes) is 1. The van der Waals surface area contributed by atoms with Gasteiger partial charge >= 0.3 is 0 Å². The van der Waals surface area contributed by atoms with Gasteiger partial charge in [-0.25, -0.2) is 0 Å². The van der Waals surface area contributed by atoms with Crippen LogP contribution in [0.2, 0.25) is 51.4 Å². The molecule has 0 spiro atoms. The van der Waals surface area contributed by atoms with Gasteiger partial charge in [0.25, 0.3) is 0 Å². The lowest BCUT2D eigenvalue weighted by Crippen LogP contribution is -2.63. The number of hydrogen-bond donors (Lipinski definition) is 1. The number of aliphatic hydroxyl groups excluding tert-OH is 1. The third kappa shape index (κ3) is 7.96. The molecule has 0 saturated heterocycles. The molecule has 0 aromatic carbocycles. The average molecular weight is 379 g/mol. The van der Waals surface area contributed by atoms with E-state index in [1.54, 1.807) is 0 Å². The molecule has 3 nitrogen and oxygen atoms in total. The fourth-order valence-corrected chi connectivity index (χ4v) is 16.4. The summed E-state index contributed by atoms with van der Waals surface area (Å²) in [6.07, 6.45) is 4.36. The van der Waals surface area contributed by atoms with Gasteiger partial charge in [0, 0.05) is 6.61 Å². The molecule has 0 amide bonds.